The molecule has 2 aliphatic carbocycles. The average Bonchev–Trinajstić information content (AvgIpc) is 3.30. The Labute approximate surface area is 183 Å². The molecule has 3 aliphatic rings. The number of nitrogens with one attached hydrogen (secondary N) is 1. The Morgan fingerprint density at radius 3 is 2.35 bits per heavy atom. The van der Waals surface area contributed by atoms with E-state index in [1.165, 1.54) is 0 Å². The molecule has 2 amide bonds. The van der Waals surface area contributed by atoms with Crippen LogP contribution in [0.3, 0.4) is 0 Å². The molecule has 162 valence electrons. The van der Waals surface area contributed by atoms with Crippen LogP contribution in [0.25, 0.3) is 0 Å². The number of rotatable bonds is 3. The minimum absolute atomic E-state index is 0.0568. The Kier molecular flexibility index (Phi) is 5.20. The third-order valence-electron chi connectivity index (χ3n) is 7.57. The van der Waals surface area contributed by atoms with Crippen molar-refractivity contribution in [1.82, 2.24) is 4.90 Å². The Bertz CT molecular complexity index is 990. The zero-order valence-corrected chi connectivity index (χ0v) is 17.8. The number of para-hydroxylation sites is 2. The number of aromatic hydroxyl groups is 1. The predicted octanol–water partition coefficient (Wildman–Crippen LogP) is 5.22. The number of phenols is 1. The Morgan fingerprint density at radius 2 is 1.61 bits per heavy atom. The van der Waals surface area contributed by atoms with E-state index >= 15 is 0 Å². The van der Waals surface area contributed by atoms with Gasteiger partial charge in [-0.05, 0) is 49.4 Å². The molecule has 2 fully saturated rings. The standard InChI is InChI=1S/C26H30N2O3/c29-22-15-7-6-14-21(22)27-24(30)23-19-12-4-5-13-20(19)25(31)28(18-10-2-3-11-18)26(23)16-8-1-9-17-26/h4-7,12-15,18,23,29H,1-3,8-11,16-17H2,(H,27,30). The van der Waals surface area contributed by atoms with Crippen LogP contribution in [0.5, 0.6) is 5.75 Å². The summed E-state index contributed by atoms with van der Waals surface area (Å²) in [6.45, 7) is 0. The van der Waals surface area contributed by atoms with Crippen molar-refractivity contribution in [2.45, 2.75) is 75.3 Å². The second kappa shape index (κ2) is 8.03. The second-order valence-electron chi connectivity index (χ2n) is 9.30. The van der Waals surface area contributed by atoms with Crippen molar-refractivity contribution in [2.75, 3.05) is 5.32 Å². The first-order chi connectivity index (χ1) is 15.1. The fourth-order valence-corrected chi connectivity index (χ4v) is 6.26. The lowest BCUT2D eigenvalue weighted by Gasteiger charge is -2.56. The van der Waals surface area contributed by atoms with Gasteiger partial charge in [0.25, 0.3) is 5.91 Å². The number of anilines is 1. The Morgan fingerprint density at radius 1 is 0.935 bits per heavy atom. The molecule has 5 nitrogen and oxygen atoms in total. The normalized spacial score (nSPS) is 23.0. The Hall–Kier alpha value is -2.82. The molecular formula is C26H30N2O3. The maximum absolute atomic E-state index is 13.9. The summed E-state index contributed by atoms with van der Waals surface area (Å²) < 4.78 is 0. The molecule has 0 bridgehead atoms. The summed E-state index contributed by atoms with van der Waals surface area (Å²) in [6, 6.07) is 14.7. The summed E-state index contributed by atoms with van der Waals surface area (Å²) in [6.07, 6.45) is 9.21. The van der Waals surface area contributed by atoms with Crippen LogP contribution in [0, 0.1) is 0 Å². The fraction of sp³-hybridized carbons (Fsp3) is 0.462. The summed E-state index contributed by atoms with van der Waals surface area (Å²) in [4.78, 5) is 29.8. The van der Waals surface area contributed by atoms with Gasteiger partial charge < -0.3 is 15.3 Å². The molecule has 2 aromatic rings. The van der Waals surface area contributed by atoms with Gasteiger partial charge in [-0.2, -0.15) is 0 Å². The van der Waals surface area contributed by atoms with E-state index in [9.17, 15) is 14.7 Å². The van der Waals surface area contributed by atoms with Crippen LogP contribution in [-0.4, -0.2) is 33.4 Å². The zero-order chi connectivity index (χ0) is 21.4. The monoisotopic (exact) mass is 418 g/mol. The van der Waals surface area contributed by atoms with Gasteiger partial charge in [0.1, 0.15) is 5.75 Å². The molecule has 1 unspecified atom stereocenters. The highest BCUT2D eigenvalue weighted by molar-refractivity contribution is 6.05. The molecular weight excluding hydrogens is 388 g/mol. The molecule has 5 heteroatoms. The molecule has 0 saturated heterocycles. The minimum Gasteiger partial charge on any atom is -0.506 e. The van der Waals surface area contributed by atoms with E-state index in [-0.39, 0.29) is 23.6 Å². The first-order valence-electron chi connectivity index (χ1n) is 11.6. The van der Waals surface area contributed by atoms with Gasteiger partial charge in [0.2, 0.25) is 5.91 Å². The van der Waals surface area contributed by atoms with Gasteiger partial charge in [-0.15, -0.1) is 0 Å². The van der Waals surface area contributed by atoms with Gasteiger partial charge in [0, 0.05) is 11.6 Å². The number of amides is 2. The number of carbonyl (C=O) groups excluding carboxylic acids is 2. The van der Waals surface area contributed by atoms with Crippen molar-refractivity contribution >= 4 is 17.5 Å². The van der Waals surface area contributed by atoms with E-state index in [4.69, 9.17) is 0 Å². The third kappa shape index (κ3) is 3.31. The van der Waals surface area contributed by atoms with Crippen LogP contribution in [0.2, 0.25) is 0 Å². The van der Waals surface area contributed by atoms with Crippen LogP contribution in [0.4, 0.5) is 5.69 Å². The molecule has 0 radical (unpaired) electrons. The summed E-state index contributed by atoms with van der Waals surface area (Å²) >= 11 is 0. The molecule has 1 spiro atoms. The van der Waals surface area contributed by atoms with Crippen molar-refractivity contribution in [3.63, 3.8) is 0 Å². The van der Waals surface area contributed by atoms with Crippen molar-refractivity contribution < 1.29 is 14.7 Å². The van der Waals surface area contributed by atoms with Crippen molar-refractivity contribution in [3.8, 4) is 5.75 Å². The largest absolute Gasteiger partial charge is 0.506 e. The zero-order valence-electron chi connectivity index (χ0n) is 17.8. The summed E-state index contributed by atoms with van der Waals surface area (Å²) in [5.74, 6) is -0.425. The molecule has 2 N–H and O–H groups in total. The van der Waals surface area contributed by atoms with Gasteiger partial charge in [-0.25, -0.2) is 0 Å². The molecule has 2 saturated carbocycles. The Balaban J connectivity index is 1.63. The van der Waals surface area contributed by atoms with Crippen molar-refractivity contribution in [3.05, 3.63) is 59.7 Å². The molecule has 1 heterocycles. The van der Waals surface area contributed by atoms with Crippen LogP contribution in [0.15, 0.2) is 48.5 Å². The first kappa shape index (κ1) is 20.1. The lowest BCUT2D eigenvalue weighted by Crippen LogP contribution is -2.64. The van der Waals surface area contributed by atoms with Crippen molar-refractivity contribution in [1.29, 1.82) is 0 Å². The second-order valence-corrected chi connectivity index (χ2v) is 9.30. The van der Waals surface area contributed by atoms with E-state index in [0.29, 0.717) is 11.3 Å². The van der Waals surface area contributed by atoms with E-state index in [2.05, 4.69) is 10.2 Å². The van der Waals surface area contributed by atoms with Gasteiger partial charge in [-0.1, -0.05) is 62.4 Å². The summed E-state index contributed by atoms with van der Waals surface area (Å²) in [7, 11) is 0. The third-order valence-corrected chi connectivity index (χ3v) is 7.57. The molecule has 1 atom stereocenters. The van der Waals surface area contributed by atoms with Gasteiger partial charge in [0.05, 0.1) is 17.1 Å². The van der Waals surface area contributed by atoms with E-state index in [0.717, 1.165) is 63.4 Å². The number of phenolic OH excluding ortho intramolecular Hbond substituents is 1. The number of carbonyl (C=O) groups is 2. The molecule has 5 rings (SSSR count). The summed E-state index contributed by atoms with van der Waals surface area (Å²) in [5.41, 5.74) is 1.41. The molecule has 31 heavy (non-hydrogen) atoms. The number of benzene rings is 2. The lowest BCUT2D eigenvalue weighted by molar-refractivity contribution is -0.123. The van der Waals surface area contributed by atoms with Crippen LogP contribution in [-0.2, 0) is 4.79 Å². The smallest absolute Gasteiger partial charge is 0.254 e. The molecule has 2 aromatic carbocycles. The lowest BCUT2D eigenvalue weighted by atomic mass is 9.64. The number of hydrogen-bond acceptors (Lipinski definition) is 3. The predicted molar refractivity (Wildman–Crippen MR) is 120 cm³/mol. The van der Waals surface area contributed by atoms with Crippen LogP contribution >= 0.6 is 0 Å². The van der Waals surface area contributed by atoms with Gasteiger partial charge >= 0.3 is 0 Å². The van der Waals surface area contributed by atoms with E-state index < -0.39 is 11.5 Å². The summed E-state index contributed by atoms with van der Waals surface area (Å²) in [5, 5.41) is 13.2. The first-order valence-corrected chi connectivity index (χ1v) is 11.6. The highest BCUT2D eigenvalue weighted by Crippen LogP contribution is 2.51. The quantitative estimate of drug-likeness (QED) is 0.672. The average molecular weight is 419 g/mol. The van der Waals surface area contributed by atoms with Gasteiger partial charge in [0.15, 0.2) is 0 Å². The van der Waals surface area contributed by atoms with E-state index in [1.54, 1.807) is 24.3 Å². The topological polar surface area (TPSA) is 69.6 Å². The van der Waals surface area contributed by atoms with Crippen LogP contribution in [0.1, 0.15) is 79.6 Å². The molecule has 0 aromatic heterocycles. The highest BCUT2D eigenvalue weighted by Gasteiger charge is 2.56. The van der Waals surface area contributed by atoms with Crippen molar-refractivity contribution in [2.24, 2.45) is 0 Å². The van der Waals surface area contributed by atoms with Gasteiger partial charge in [-0.3, -0.25) is 9.59 Å². The maximum Gasteiger partial charge on any atom is 0.254 e. The number of fused-ring (bicyclic) bond motifs is 1. The number of nitrogens with zero attached hydrogens (tertiary/aromatic N) is 1. The molecule has 1 aliphatic heterocycles. The maximum atomic E-state index is 13.9. The fourth-order valence-electron chi connectivity index (χ4n) is 6.26. The van der Waals surface area contributed by atoms with E-state index in [1.807, 2.05) is 24.3 Å². The van der Waals surface area contributed by atoms with Crippen LogP contribution < -0.4 is 5.32 Å². The minimum atomic E-state index is -0.493. The number of hydrogen-bond donors (Lipinski definition) is 2. The SMILES string of the molecule is O=C(Nc1ccccc1O)C1c2ccccc2C(=O)N(C2CCCC2)C12CCCCC2. The highest BCUT2D eigenvalue weighted by atomic mass is 16.3.